The summed E-state index contributed by atoms with van der Waals surface area (Å²) in [6.07, 6.45) is 0. The molecule has 1 aromatic carbocycles. The number of anilines is 1. The third-order valence-corrected chi connectivity index (χ3v) is 2.45. The number of aromatic carboxylic acids is 1. The SMILES string of the molecule is CN(CC(C)(C)O)C(=O)Nc1ccc(O)cc1C(=O)O. The smallest absolute Gasteiger partial charge is 0.337 e. The lowest BCUT2D eigenvalue weighted by atomic mass is 10.1. The van der Waals surface area contributed by atoms with Gasteiger partial charge in [0, 0.05) is 7.05 Å². The molecule has 0 bridgehead atoms. The molecule has 7 heteroatoms. The minimum Gasteiger partial charge on any atom is -0.508 e. The molecule has 0 heterocycles. The molecule has 7 nitrogen and oxygen atoms in total. The second-order valence-corrected chi connectivity index (χ2v) is 5.13. The number of carbonyl (C=O) groups is 2. The highest BCUT2D eigenvalue weighted by molar-refractivity contribution is 6.00. The molecule has 1 aromatic rings. The van der Waals surface area contributed by atoms with Gasteiger partial charge in [0.2, 0.25) is 0 Å². The Morgan fingerprint density at radius 1 is 1.35 bits per heavy atom. The highest BCUT2D eigenvalue weighted by atomic mass is 16.4. The van der Waals surface area contributed by atoms with Crippen LogP contribution < -0.4 is 5.32 Å². The average Bonchev–Trinajstić information content (AvgIpc) is 2.28. The Morgan fingerprint density at radius 2 is 1.95 bits per heavy atom. The molecule has 0 radical (unpaired) electrons. The van der Waals surface area contributed by atoms with Crippen LogP contribution in [0.1, 0.15) is 24.2 Å². The fourth-order valence-corrected chi connectivity index (χ4v) is 1.68. The molecule has 110 valence electrons. The summed E-state index contributed by atoms with van der Waals surface area (Å²) in [4.78, 5) is 24.2. The van der Waals surface area contributed by atoms with E-state index in [1.807, 2.05) is 0 Å². The maximum absolute atomic E-state index is 11.9. The Balaban J connectivity index is 2.88. The van der Waals surface area contributed by atoms with Crippen molar-refractivity contribution in [3.63, 3.8) is 0 Å². The quantitative estimate of drug-likeness (QED) is 0.623. The zero-order valence-electron chi connectivity index (χ0n) is 11.5. The number of carboxylic acids is 1. The van der Waals surface area contributed by atoms with Gasteiger partial charge >= 0.3 is 12.0 Å². The first-order chi connectivity index (χ1) is 9.10. The van der Waals surface area contributed by atoms with Crippen LogP contribution in [0.25, 0.3) is 0 Å². The minimum absolute atomic E-state index is 0.0721. The third-order valence-electron chi connectivity index (χ3n) is 2.45. The summed E-state index contributed by atoms with van der Waals surface area (Å²) < 4.78 is 0. The van der Waals surface area contributed by atoms with Gasteiger partial charge in [-0.1, -0.05) is 0 Å². The van der Waals surface area contributed by atoms with Gasteiger partial charge in [-0.3, -0.25) is 0 Å². The normalized spacial score (nSPS) is 11.0. The van der Waals surface area contributed by atoms with Gasteiger partial charge in [-0.15, -0.1) is 0 Å². The van der Waals surface area contributed by atoms with E-state index in [0.29, 0.717) is 0 Å². The lowest BCUT2D eigenvalue weighted by molar-refractivity contribution is 0.0550. The zero-order valence-corrected chi connectivity index (χ0v) is 11.5. The van der Waals surface area contributed by atoms with Gasteiger partial charge in [0.25, 0.3) is 0 Å². The highest BCUT2D eigenvalue weighted by Gasteiger charge is 2.21. The van der Waals surface area contributed by atoms with Gasteiger partial charge in [-0.25, -0.2) is 9.59 Å². The summed E-state index contributed by atoms with van der Waals surface area (Å²) in [5.74, 6) is -1.47. The number of rotatable bonds is 4. The topological polar surface area (TPSA) is 110 Å². The number of likely N-dealkylation sites (N-methyl/N-ethyl adjacent to an activating group) is 1. The van der Waals surface area contributed by atoms with E-state index in [0.717, 1.165) is 6.07 Å². The van der Waals surface area contributed by atoms with Crippen molar-refractivity contribution in [3.8, 4) is 5.75 Å². The lowest BCUT2D eigenvalue weighted by Gasteiger charge is -2.26. The molecule has 0 saturated heterocycles. The Hall–Kier alpha value is -2.28. The number of nitrogens with one attached hydrogen (secondary N) is 1. The third kappa shape index (κ3) is 4.43. The van der Waals surface area contributed by atoms with Crippen molar-refractivity contribution < 1.29 is 24.9 Å². The van der Waals surface area contributed by atoms with Crippen LogP contribution in [0.2, 0.25) is 0 Å². The highest BCUT2D eigenvalue weighted by Crippen LogP contribution is 2.21. The molecule has 0 aromatic heterocycles. The first-order valence-corrected chi connectivity index (χ1v) is 5.91. The molecule has 0 aliphatic heterocycles. The first kappa shape index (κ1) is 15.8. The van der Waals surface area contributed by atoms with Crippen molar-refractivity contribution in [2.45, 2.75) is 19.4 Å². The van der Waals surface area contributed by atoms with Crippen LogP contribution in [-0.2, 0) is 0 Å². The Morgan fingerprint density at radius 3 is 2.45 bits per heavy atom. The van der Waals surface area contributed by atoms with Crippen LogP contribution >= 0.6 is 0 Å². The van der Waals surface area contributed by atoms with Crippen molar-refractivity contribution >= 4 is 17.7 Å². The van der Waals surface area contributed by atoms with Gasteiger partial charge in [-0.05, 0) is 32.0 Å². The molecule has 2 amide bonds. The number of phenols is 1. The second-order valence-electron chi connectivity index (χ2n) is 5.13. The minimum atomic E-state index is -1.26. The average molecular weight is 282 g/mol. The molecular formula is C13H18N2O5. The number of aliphatic hydroxyl groups is 1. The van der Waals surface area contributed by atoms with Crippen molar-refractivity contribution in [2.24, 2.45) is 0 Å². The maximum atomic E-state index is 11.9. The van der Waals surface area contributed by atoms with E-state index in [1.54, 1.807) is 13.8 Å². The number of benzene rings is 1. The summed E-state index contributed by atoms with van der Waals surface area (Å²) >= 11 is 0. The monoisotopic (exact) mass is 282 g/mol. The zero-order chi connectivity index (χ0) is 15.5. The Kier molecular flexibility index (Phi) is 4.57. The van der Waals surface area contributed by atoms with Crippen LogP contribution in [0.4, 0.5) is 10.5 Å². The molecule has 0 fully saturated rings. The number of hydrogen-bond acceptors (Lipinski definition) is 4. The van der Waals surface area contributed by atoms with E-state index >= 15 is 0 Å². The molecule has 20 heavy (non-hydrogen) atoms. The standard InChI is InChI=1S/C13H18N2O5/c1-13(2,20)7-15(3)12(19)14-10-5-4-8(16)6-9(10)11(17)18/h4-6,16,20H,7H2,1-3H3,(H,14,19)(H,17,18). The van der Waals surface area contributed by atoms with E-state index in [-0.39, 0.29) is 23.5 Å². The number of amides is 2. The van der Waals surface area contributed by atoms with E-state index in [4.69, 9.17) is 5.11 Å². The number of carbonyl (C=O) groups excluding carboxylic acids is 1. The van der Waals surface area contributed by atoms with E-state index in [1.165, 1.54) is 24.1 Å². The molecule has 0 unspecified atom stereocenters. The predicted molar refractivity (Wildman–Crippen MR) is 73.0 cm³/mol. The Bertz CT molecular complexity index is 522. The van der Waals surface area contributed by atoms with E-state index in [9.17, 15) is 19.8 Å². The number of phenolic OH excluding ortho intramolecular Hbond substituents is 1. The van der Waals surface area contributed by atoms with E-state index in [2.05, 4.69) is 5.32 Å². The molecule has 0 spiro atoms. The van der Waals surface area contributed by atoms with Crippen LogP contribution in [-0.4, -0.2) is 51.4 Å². The van der Waals surface area contributed by atoms with Crippen molar-refractivity contribution in [1.29, 1.82) is 0 Å². The number of urea groups is 1. The molecule has 0 aliphatic carbocycles. The fourth-order valence-electron chi connectivity index (χ4n) is 1.68. The molecular weight excluding hydrogens is 264 g/mol. The second kappa shape index (κ2) is 5.79. The summed E-state index contributed by atoms with van der Waals surface area (Å²) in [6.45, 7) is 3.19. The van der Waals surface area contributed by atoms with Crippen molar-refractivity contribution in [2.75, 3.05) is 18.9 Å². The number of nitrogens with zero attached hydrogens (tertiary/aromatic N) is 1. The molecule has 0 aliphatic rings. The van der Waals surface area contributed by atoms with E-state index < -0.39 is 17.6 Å². The largest absolute Gasteiger partial charge is 0.508 e. The van der Waals surface area contributed by atoms with Gasteiger partial charge in [-0.2, -0.15) is 0 Å². The predicted octanol–water partition coefficient (Wildman–Crippen LogP) is 1.33. The first-order valence-electron chi connectivity index (χ1n) is 5.91. The number of aromatic hydroxyl groups is 1. The van der Waals surface area contributed by atoms with Crippen molar-refractivity contribution in [1.82, 2.24) is 4.90 Å². The van der Waals surface area contributed by atoms with Gasteiger partial charge in [0.05, 0.1) is 23.4 Å². The summed E-state index contributed by atoms with van der Waals surface area (Å²) in [7, 11) is 1.48. The van der Waals surface area contributed by atoms with Gasteiger partial charge in [0.1, 0.15) is 5.75 Å². The molecule has 0 atom stereocenters. The number of carboxylic acid groups (broad SMARTS) is 1. The number of hydrogen-bond donors (Lipinski definition) is 4. The summed E-state index contributed by atoms with van der Waals surface area (Å²) in [6, 6.07) is 3.07. The lowest BCUT2D eigenvalue weighted by Crippen LogP contribution is -2.41. The van der Waals surface area contributed by atoms with Crippen LogP contribution in [0.15, 0.2) is 18.2 Å². The molecule has 0 saturated carbocycles. The Labute approximate surface area is 116 Å². The molecule has 4 N–H and O–H groups in total. The van der Waals surface area contributed by atoms with Crippen LogP contribution in [0, 0.1) is 0 Å². The summed E-state index contributed by atoms with van der Waals surface area (Å²) in [5, 5.41) is 30.3. The maximum Gasteiger partial charge on any atom is 0.337 e. The van der Waals surface area contributed by atoms with Crippen LogP contribution in [0.3, 0.4) is 0 Å². The van der Waals surface area contributed by atoms with Gasteiger partial charge < -0.3 is 25.5 Å². The van der Waals surface area contributed by atoms with Crippen LogP contribution in [0.5, 0.6) is 5.75 Å². The van der Waals surface area contributed by atoms with Gasteiger partial charge in [0.15, 0.2) is 0 Å². The molecule has 1 rings (SSSR count). The van der Waals surface area contributed by atoms with Crippen molar-refractivity contribution in [3.05, 3.63) is 23.8 Å². The fraction of sp³-hybridized carbons (Fsp3) is 0.385. The summed E-state index contributed by atoms with van der Waals surface area (Å²) in [5.41, 5.74) is -1.20.